The first-order chi connectivity index (χ1) is 12.0. The van der Waals surface area contributed by atoms with Crippen molar-refractivity contribution in [3.05, 3.63) is 35.9 Å². The molecular formula is C19H24N4O2. The molecule has 1 fully saturated rings. The molecule has 0 saturated carbocycles. The maximum Gasteiger partial charge on any atom is 0.228 e. The number of aromatic nitrogens is 2. The molecule has 0 atom stereocenters. The molecular weight excluding hydrogens is 316 g/mol. The van der Waals surface area contributed by atoms with Gasteiger partial charge in [0.25, 0.3) is 0 Å². The summed E-state index contributed by atoms with van der Waals surface area (Å²) in [6.45, 7) is 4.91. The van der Waals surface area contributed by atoms with Crippen LogP contribution in [0.1, 0.15) is 25.3 Å². The highest BCUT2D eigenvalue weighted by molar-refractivity contribution is 5.92. The van der Waals surface area contributed by atoms with Crippen molar-refractivity contribution in [1.29, 1.82) is 0 Å². The Bertz CT molecular complexity index is 788. The number of benzene rings is 1. The van der Waals surface area contributed by atoms with Gasteiger partial charge >= 0.3 is 0 Å². The molecule has 6 heteroatoms. The van der Waals surface area contributed by atoms with Crippen molar-refractivity contribution >= 4 is 17.6 Å². The number of nitrogens with one attached hydrogen (secondary N) is 1. The van der Waals surface area contributed by atoms with Gasteiger partial charge in [0.05, 0.1) is 5.69 Å². The van der Waals surface area contributed by atoms with Crippen molar-refractivity contribution in [3.8, 4) is 11.3 Å². The zero-order chi connectivity index (χ0) is 18.0. The van der Waals surface area contributed by atoms with Gasteiger partial charge < -0.3 is 10.2 Å². The molecule has 132 valence electrons. The molecule has 0 radical (unpaired) electrons. The molecule has 1 aromatic heterocycles. The van der Waals surface area contributed by atoms with Gasteiger partial charge in [0.2, 0.25) is 11.8 Å². The Morgan fingerprint density at radius 1 is 1.20 bits per heavy atom. The highest BCUT2D eigenvalue weighted by atomic mass is 16.2. The number of rotatable bonds is 3. The van der Waals surface area contributed by atoms with Crippen molar-refractivity contribution in [2.45, 2.75) is 26.7 Å². The van der Waals surface area contributed by atoms with E-state index in [9.17, 15) is 9.59 Å². The van der Waals surface area contributed by atoms with Crippen LogP contribution in [0.3, 0.4) is 0 Å². The molecule has 25 heavy (non-hydrogen) atoms. The lowest BCUT2D eigenvalue weighted by molar-refractivity contribution is -0.132. The molecule has 0 unspecified atom stereocenters. The summed E-state index contributed by atoms with van der Waals surface area (Å²) in [7, 11) is 1.83. The van der Waals surface area contributed by atoms with Crippen molar-refractivity contribution in [3.63, 3.8) is 0 Å². The van der Waals surface area contributed by atoms with E-state index in [1.165, 1.54) is 0 Å². The quantitative estimate of drug-likeness (QED) is 0.934. The van der Waals surface area contributed by atoms with E-state index in [0.29, 0.717) is 31.7 Å². The zero-order valence-corrected chi connectivity index (χ0v) is 15.0. The molecule has 0 aliphatic carbocycles. The van der Waals surface area contributed by atoms with E-state index in [0.717, 1.165) is 16.8 Å². The number of carbonyl (C=O) groups is 2. The molecule has 3 rings (SSSR count). The average Bonchev–Trinajstić information content (AvgIpc) is 2.95. The van der Waals surface area contributed by atoms with Crippen LogP contribution >= 0.6 is 0 Å². The van der Waals surface area contributed by atoms with Gasteiger partial charge in [-0.3, -0.25) is 14.3 Å². The van der Waals surface area contributed by atoms with Crippen LogP contribution in [0.25, 0.3) is 11.3 Å². The Hall–Kier alpha value is -2.63. The number of hydrogen-bond donors (Lipinski definition) is 1. The molecule has 2 heterocycles. The van der Waals surface area contributed by atoms with Crippen molar-refractivity contribution < 1.29 is 9.59 Å². The number of anilines is 1. The topological polar surface area (TPSA) is 67.2 Å². The van der Waals surface area contributed by atoms with Gasteiger partial charge in [-0.05, 0) is 25.3 Å². The zero-order valence-electron chi connectivity index (χ0n) is 15.0. The van der Waals surface area contributed by atoms with E-state index < -0.39 is 0 Å². The summed E-state index contributed by atoms with van der Waals surface area (Å²) in [6, 6.07) is 9.96. The van der Waals surface area contributed by atoms with Crippen LogP contribution in [0.4, 0.5) is 5.82 Å². The second-order valence-corrected chi connectivity index (χ2v) is 6.62. The molecule has 1 aliphatic heterocycles. The highest BCUT2D eigenvalue weighted by Gasteiger charge is 2.26. The fourth-order valence-electron chi connectivity index (χ4n) is 3.26. The lowest BCUT2D eigenvalue weighted by atomic mass is 9.96. The third-order valence-electron chi connectivity index (χ3n) is 4.86. The number of piperidine rings is 1. The Morgan fingerprint density at radius 3 is 2.52 bits per heavy atom. The van der Waals surface area contributed by atoms with Crippen LogP contribution in [0.5, 0.6) is 0 Å². The summed E-state index contributed by atoms with van der Waals surface area (Å²) < 4.78 is 1.70. The van der Waals surface area contributed by atoms with Gasteiger partial charge in [-0.15, -0.1) is 0 Å². The number of likely N-dealkylation sites (tertiary alicyclic amines) is 1. The summed E-state index contributed by atoms with van der Waals surface area (Å²) in [5.74, 6) is 0.709. The summed E-state index contributed by atoms with van der Waals surface area (Å²) in [6.07, 6.45) is 1.40. The van der Waals surface area contributed by atoms with E-state index in [-0.39, 0.29) is 17.7 Å². The summed E-state index contributed by atoms with van der Waals surface area (Å²) in [5, 5.41) is 7.52. The van der Waals surface area contributed by atoms with Gasteiger partial charge in [0.15, 0.2) is 0 Å². The number of aryl methyl sites for hydroxylation is 2. The summed E-state index contributed by atoms with van der Waals surface area (Å²) >= 11 is 0. The summed E-state index contributed by atoms with van der Waals surface area (Å²) in [4.78, 5) is 25.7. The van der Waals surface area contributed by atoms with E-state index in [2.05, 4.69) is 10.4 Å². The number of hydrogen-bond acceptors (Lipinski definition) is 3. The molecule has 6 nitrogen and oxygen atoms in total. The lowest BCUT2D eigenvalue weighted by Gasteiger charge is -2.30. The van der Waals surface area contributed by atoms with Crippen LogP contribution in [-0.4, -0.2) is 39.6 Å². The minimum atomic E-state index is -0.0626. The van der Waals surface area contributed by atoms with Crippen LogP contribution < -0.4 is 5.32 Å². The largest absolute Gasteiger partial charge is 0.343 e. The number of amides is 2. The molecule has 1 saturated heterocycles. The van der Waals surface area contributed by atoms with Crippen LogP contribution in [-0.2, 0) is 16.6 Å². The SMILES string of the molecule is CC(=O)N1CCC(C(=O)Nc2cc(-c3ccccc3C)nn2C)CC1. The smallest absolute Gasteiger partial charge is 0.228 e. The Kier molecular flexibility index (Phi) is 4.88. The Morgan fingerprint density at radius 2 is 1.88 bits per heavy atom. The van der Waals surface area contributed by atoms with Gasteiger partial charge in [0.1, 0.15) is 5.82 Å². The number of nitrogens with zero attached hydrogens (tertiary/aromatic N) is 3. The third-order valence-corrected chi connectivity index (χ3v) is 4.86. The second-order valence-electron chi connectivity index (χ2n) is 6.62. The van der Waals surface area contributed by atoms with Crippen molar-refractivity contribution in [2.75, 3.05) is 18.4 Å². The van der Waals surface area contributed by atoms with E-state index in [4.69, 9.17) is 0 Å². The highest BCUT2D eigenvalue weighted by Crippen LogP contribution is 2.25. The van der Waals surface area contributed by atoms with Crippen LogP contribution in [0.15, 0.2) is 30.3 Å². The van der Waals surface area contributed by atoms with Gasteiger partial charge in [0, 0.05) is 44.6 Å². The van der Waals surface area contributed by atoms with E-state index in [1.807, 2.05) is 44.3 Å². The lowest BCUT2D eigenvalue weighted by Crippen LogP contribution is -2.40. The molecule has 2 amide bonds. The summed E-state index contributed by atoms with van der Waals surface area (Å²) in [5.41, 5.74) is 3.06. The van der Waals surface area contributed by atoms with Gasteiger partial charge in [-0.25, -0.2) is 0 Å². The maximum atomic E-state index is 12.6. The first-order valence-electron chi connectivity index (χ1n) is 8.62. The van der Waals surface area contributed by atoms with Crippen LogP contribution in [0, 0.1) is 12.8 Å². The van der Waals surface area contributed by atoms with Crippen molar-refractivity contribution in [1.82, 2.24) is 14.7 Å². The fraction of sp³-hybridized carbons (Fsp3) is 0.421. The Balaban J connectivity index is 1.69. The molecule has 0 bridgehead atoms. The Labute approximate surface area is 147 Å². The first kappa shape index (κ1) is 17.2. The maximum absolute atomic E-state index is 12.6. The predicted octanol–water partition coefficient (Wildman–Crippen LogP) is 2.59. The van der Waals surface area contributed by atoms with E-state index in [1.54, 1.807) is 16.5 Å². The predicted molar refractivity (Wildman–Crippen MR) is 97.0 cm³/mol. The molecule has 1 aliphatic rings. The minimum absolute atomic E-state index is 0.00235. The minimum Gasteiger partial charge on any atom is -0.343 e. The second kappa shape index (κ2) is 7.09. The molecule has 1 N–H and O–H groups in total. The van der Waals surface area contributed by atoms with Gasteiger partial charge in [-0.1, -0.05) is 24.3 Å². The number of carbonyl (C=O) groups excluding carboxylic acids is 2. The standard InChI is InChI=1S/C19H24N4O2/c1-13-6-4-5-7-16(13)17-12-18(22(3)21-17)20-19(25)15-8-10-23(11-9-15)14(2)24/h4-7,12,15H,8-11H2,1-3H3,(H,20,25). The average molecular weight is 340 g/mol. The normalized spacial score (nSPS) is 15.2. The van der Waals surface area contributed by atoms with Crippen LogP contribution in [0.2, 0.25) is 0 Å². The fourth-order valence-corrected chi connectivity index (χ4v) is 3.26. The van der Waals surface area contributed by atoms with E-state index >= 15 is 0 Å². The third kappa shape index (κ3) is 3.73. The molecule has 2 aromatic rings. The molecule has 0 spiro atoms. The van der Waals surface area contributed by atoms with Crippen molar-refractivity contribution in [2.24, 2.45) is 13.0 Å². The van der Waals surface area contributed by atoms with Gasteiger partial charge in [-0.2, -0.15) is 5.10 Å². The monoisotopic (exact) mass is 340 g/mol. The molecule has 1 aromatic carbocycles. The first-order valence-corrected chi connectivity index (χ1v) is 8.62.